The Balaban J connectivity index is 2.04. The highest BCUT2D eigenvalue weighted by Crippen LogP contribution is 2.12. The zero-order valence-electron chi connectivity index (χ0n) is 13.7. The van der Waals surface area contributed by atoms with Gasteiger partial charge in [0.05, 0.1) is 11.6 Å². The lowest BCUT2D eigenvalue weighted by Gasteiger charge is -2.13. The Hall–Kier alpha value is -3.59. The summed E-state index contributed by atoms with van der Waals surface area (Å²) in [6.45, 7) is 1.81. The summed E-state index contributed by atoms with van der Waals surface area (Å²) in [5.74, 6) is -1.06. The topological polar surface area (TPSA) is 108 Å². The molecule has 6 heteroatoms. The van der Waals surface area contributed by atoms with Crippen molar-refractivity contribution in [1.29, 1.82) is 5.26 Å². The van der Waals surface area contributed by atoms with E-state index in [2.05, 4.69) is 10.6 Å². The minimum atomic E-state index is -0.569. The number of hydrogen-bond acceptors (Lipinski definition) is 4. The van der Waals surface area contributed by atoms with Gasteiger partial charge >= 0.3 is 0 Å². The molecule has 2 rings (SSSR count). The van der Waals surface area contributed by atoms with Crippen molar-refractivity contribution in [2.45, 2.75) is 13.0 Å². The fourth-order valence-corrected chi connectivity index (χ4v) is 2.17. The zero-order chi connectivity index (χ0) is 18.2. The first-order valence-electron chi connectivity index (χ1n) is 7.64. The maximum absolute atomic E-state index is 12.2. The molecule has 0 aliphatic carbocycles. The zero-order valence-corrected chi connectivity index (χ0v) is 13.7. The van der Waals surface area contributed by atoms with Crippen molar-refractivity contribution >= 4 is 17.5 Å². The molecule has 0 aliphatic rings. The lowest BCUT2D eigenvalue weighted by atomic mass is 10.1. The van der Waals surface area contributed by atoms with E-state index >= 15 is 0 Å². The predicted molar refractivity (Wildman–Crippen MR) is 95.0 cm³/mol. The molecular formula is C19H18N4O2. The summed E-state index contributed by atoms with van der Waals surface area (Å²) in [7, 11) is 0. The standard InChI is InChI=1S/C19H18N4O2/c1-13(14-7-3-2-4-8-14)23-18(24)15(11-20)12-22-19(25)16-9-5-6-10-17(16)21/h2-10,12-13H,21H2,1H3,(H,22,25)(H,23,24)/b15-12-. The Labute approximate surface area is 146 Å². The third kappa shape index (κ3) is 4.69. The smallest absolute Gasteiger partial charge is 0.263 e. The maximum atomic E-state index is 12.2. The number of benzene rings is 2. The van der Waals surface area contributed by atoms with Crippen molar-refractivity contribution in [1.82, 2.24) is 10.6 Å². The van der Waals surface area contributed by atoms with Crippen LogP contribution < -0.4 is 16.4 Å². The fourth-order valence-electron chi connectivity index (χ4n) is 2.17. The number of nitrogens with one attached hydrogen (secondary N) is 2. The Morgan fingerprint density at radius 1 is 1.12 bits per heavy atom. The highest BCUT2D eigenvalue weighted by molar-refractivity contribution is 6.01. The van der Waals surface area contributed by atoms with Crippen LogP contribution in [0.15, 0.2) is 66.4 Å². The number of para-hydroxylation sites is 1. The number of anilines is 1. The molecule has 2 aromatic carbocycles. The molecule has 0 bridgehead atoms. The summed E-state index contributed by atoms with van der Waals surface area (Å²) in [4.78, 5) is 24.3. The van der Waals surface area contributed by atoms with Crippen molar-refractivity contribution in [3.63, 3.8) is 0 Å². The molecule has 0 radical (unpaired) electrons. The van der Waals surface area contributed by atoms with Crippen molar-refractivity contribution in [3.8, 4) is 6.07 Å². The first-order valence-corrected chi connectivity index (χ1v) is 7.64. The third-order valence-electron chi connectivity index (χ3n) is 3.57. The van der Waals surface area contributed by atoms with E-state index in [4.69, 9.17) is 11.0 Å². The molecule has 0 saturated carbocycles. The van der Waals surface area contributed by atoms with Crippen LogP contribution in [-0.4, -0.2) is 11.8 Å². The van der Waals surface area contributed by atoms with Gasteiger partial charge in [0.15, 0.2) is 0 Å². The van der Waals surface area contributed by atoms with Crippen LogP contribution in [0.25, 0.3) is 0 Å². The van der Waals surface area contributed by atoms with E-state index in [1.807, 2.05) is 37.3 Å². The second kappa shape index (κ2) is 8.31. The molecule has 2 aromatic rings. The molecule has 4 N–H and O–H groups in total. The highest BCUT2D eigenvalue weighted by atomic mass is 16.2. The molecule has 2 amide bonds. The lowest BCUT2D eigenvalue weighted by molar-refractivity contribution is -0.117. The van der Waals surface area contributed by atoms with Gasteiger partial charge in [-0.15, -0.1) is 0 Å². The summed E-state index contributed by atoms with van der Waals surface area (Å²) in [5.41, 5.74) is 7.02. The van der Waals surface area contributed by atoms with Gasteiger partial charge in [0.25, 0.3) is 11.8 Å². The Morgan fingerprint density at radius 2 is 1.76 bits per heavy atom. The molecule has 0 fully saturated rings. The Morgan fingerprint density at radius 3 is 2.40 bits per heavy atom. The van der Waals surface area contributed by atoms with Crippen molar-refractivity contribution in [2.75, 3.05) is 5.73 Å². The van der Waals surface area contributed by atoms with E-state index in [1.165, 1.54) is 0 Å². The number of rotatable bonds is 5. The molecule has 1 atom stereocenters. The monoisotopic (exact) mass is 334 g/mol. The van der Waals surface area contributed by atoms with Crippen LogP contribution in [-0.2, 0) is 4.79 Å². The van der Waals surface area contributed by atoms with Crippen LogP contribution in [0, 0.1) is 11.3 Å². The average Bonchev–Trinajstić information content (AvgIpc) is 2.63. The number of carbonyl (C=O) groups is 2. The largest absolute Gasteiger partial charge is 0.398 e. The molecule has 6 nitrogen and oxygen atoms in total. The molecule has 0 saturated heterocycles. The summed E-state index contributed by atoms with van der Waals surface area (Å²) >= 11 is 0. The van der Waals surface area contributed by atoms with Gasteiger partial charge in [0.2, 0.25) is 0 Å². The molecule has 1 unspecified atom stereocenters. The van der Waals surface area contributed by atoms with Gasteiger partial charge in [-0.2, -0.15) is 5.26 Å². The molecule has 0 spiro atoms. The van der Waals surface area contributed by atoms with E-state index in [0.29, 0.717) is 5.69 Å². The van der Waals surface area contributed by atoms with E-state index in [1.54, 1.807) is 30.3 Å². The molecular weight excluding hydrogens is 316 g/mol. The summed E-state index contributed by atoms with van der Waals surface area (Å²) in [6.07, 6.45) is 1.09. The Bertz CT molecular complexity index is 838. The number of hydrogen-bond donors (Lipinski definition) is 3. The lowest BCUT2D eigenvalue weighted by Crippen LogP contribution is -2.29. The summed E-state index contributed by atoms with van der Waals surface area (Å²) in [6, 6.07) is 17.4. The van der Waals surface area contributed by atoms with Crippen molar-refractivity contribution < 1.29 is 9.59 Å². The van der Waals surface area contributed by atoms with Gasteiger partial charge in [-0.3, -0.25) is 9.59 Å². The normalized spacial score (nSPS) is 11.9. The number of amides is 2. The van der Waals surface area contributed by atoms with Crippen LogP contribution in [0.4, 0.5) is 5.69 Å². The van der Waals surface area contributed by atoms with Crippen molar-refractivity contribution in [2.24, 2.45) is 0 Å². The van der Waals surface area contributed by atoms with E-state index in [9.17, 15) is 9.59 Å². The van der Waals surface area contributed by atoms with E-state index < -0.39 is 11.8 Å². The fraction of sp³-hybridized carbons (Fsp3) is 0.105. The van der Waals surface area contributed by atoms with Crippen LogP contribution in [0.3, 0.4) is 0 Å². The maximum Gasteiger partial charge on any atom is 0.263 e. The Kier molecular flexibility index (Phi) is 5.91. The van der Waals surface area contributed by atoms with Crippen molar-refractivity contribution in [3.05, 3.63) is 77.5 Å². The third-order valence-corrected chi connectivity index (χ3v) is 3.57. The average molecular weight is 334 g/mol. The van der Waals surface area contributed by atoms with Gasteiger partial charge in [0, 0.05) is 11.9 Å². The molecule has 25 heavy (non-hydrogen) atoms. The number of nitriles is 1. The van der Waals surface area contributed by atoms with Crippen LogP contribution in [0.5, 0.6) is 0 Å². The number of carbonyl (C=O) groups excluding carboxylic acids is 2. The molecule has 0 aromatic heterocycles. The number of nitrogen functional groups attached to an aromatic ring is 1. The second-order valence-corrected chi connectivity index (χ2v) is 5.34. The summed E-state index contributed by atoms with van der Waals surface area (Å²) in [5, 5.41) is 14.3. The highest BCUT2D eigenvalue weighted by Gasteiger charge is 2.14. The predicted octanol–water partition coefficient (Wildman–Crippen LogP) is 2.28. The van der Waals surface area contributed by atoms with Gasteiger partial charge < -0.3 is 16.4 Å². The molecule has 0 aliphatic heterocycles. The first kappa shape index (κ1) is 17.8. The van der Waals surface area contributed by atoms with Crippen LogP contribution in [0.1, 0.15) is 28.9 Å². The van der Waals surface area contributed by atoms with Crippen LogP contribution in [0.2, 0.25) is 0 Å². The minimum absolute atomic E-state index is 0.203. The second-order valence-electron chi connectivity index (χ2n) is 5.34. The number of nitrogens with two attached hydrogens (primary N) is 1. The summed E-state index contributed by atoms with van der Waals surface area (Å²) < 4.78 is 0. The van der Waals surface area contributed by atoms with Gasteiger partial charge in [-0.1, -0.05) is 42.5 Å². The minimum Gasteiger partial charge on any atom is -0.398 e. The quantitative estimate of drug-likeness (QED) is 0.443. The number of nitrogens with zero attached hydrogens (tertiary/aromatic N) is 1. The van der Waals surface area contributed by atoms with Gasteiger partial charge in [-0.25, -0.2) is 0 Å². The van der Waals surface area contributed by atoms with E-state index in [-0.39, 0.29) is 17.2 Å². The molecule has 0 heterocycles. The first-order chi connectivity index (χ1) is 12.0. The van der Waals surface area contributed by atoms with Crippen LogP contribution >= 0.6 is 0 Å². The van der Waals surface area contributed by atoms with Gasteiger partial charge in [0.1, 0.15) is 11.6 Å². The van der Waals surface area contributed by atoms with Gasteiger partial charge in [-0.05, 0) is 24.6 Å². The molecule has 126 valence electrons. The SMILES string of the molecule is CC(NC(=O)/C(C#N)=C\NC(=O)c1ccccc1N)c1ccccc1. The van der Waals surface area contributed by atoms with E-state index in [0.717, 1.165) is 11.8 Å².